The lowest BCUT2D eigenvalue weighted by atomic mass is 9.93. The molecule has 0 aliphatic carbocycles. The molecule has 0 unspecified atom stereocenters. The lowest BCUT2D eigenvalue weighted by Crippen LogP contribution is -2.51. The van der Waals surface area contributed by atoms with Crippen LogP contribution in [0.15, 0.2) is 72.8 Å². The van der Waals surface area contributed by atoms with Crippen LogP contribution in [0.5, 0.6) is 5.75 Å². The van der Waals surface area contributed by atoms with Crippen LogP contribution in [0, 0.1) is 0 Å². The summed E-state index contributed by atoms with van der Waals surface area (Å²) in [5.41, 5.74) is 9.25. The van der Waals surface area contributed by atoms with Gasteiger partial charge in [-0.3, -0.25) is 10.1 Å². The molecule has 0 radical (unpaired) electrons. The van der Waals surface area contributed by atoms with E-state index in [-0.39, 0.29) is 18.4 Å². The third-order valence-electron chi connectivity index (χ3n) is 6.36. The maximum atomic E-state index is 13.0. The van der Waals surface area contributed by atoms with Gasteiger partial charge in [0.25, 0.3) is 0 Å². The molecular weight excluding hydrogens is 468 g/mol. The second-order valence-corrected chi connectivity index (χ2v) is 9.96. The molecule has 1 aliphatic heterocycles. The summed E-state index contributed by atoms with van der Waals surface area (Å²) in [6.07, 6.45) is 1.66. The number of rotatable bonds is 10. The van der Waals surface area contributed by atoms with E-state index in [1.807, 2.05) is 68.4 Å². The molecule has 7 heteroatoms. The Hall–Kier alpha value is -3.97. The number of carbonyl (C=O) groups is 3. The highest BCUT2D eigenvalue weighted by Crippen LogP contribution is 2.31. The molecule has 1 aliphatic rings. The maximum Gasteiger partial charge on any atom is 0.345 e. The van der Waals surface area contributed by atoms with Gasteiger partial charge in [-0.1, -0.05) is 54.6 Å². The molecule has 0 aromatic heterocycles. The van der Waals surface area contributed by atoms with Gasteiger partial charge in [0.05, 0.1) is 12.2 Å². The number of nitrogens with one attached hydrogen (secondary N) is 1. The first kappa shape index (κ1) is 26.1. The van der Waals surface area contributed by atoms with Crippen molar-refractivity contribution in [2.75, 3.05) is 6.61 Å². The number of primary amides is 1. The van der Waals surface area contributed by atoms with E-state index < -0.39 is 29.4 Å². The number of hydrogen-bond donors (Lipinski definition) is 2. The van der Waals surface area contributed by atoms with E-state index in [9.17, 15) is 14.4 Å². The van der Waals surface area contributed by atoms with Crippen LogP contribution in [0.4, 0.5) is 0 Å². The molecule has 192 valence electrons. The first-order valence-corrected chi connectivity index (χ1v) is 12.4. The zero-order valence-electron chi connectivity index (χ0n) is 21.2. The minimum absolute atomic E-state index is 0.0123. The Morgan fingerprint density at radius 1 is 1.00 bits per heavy atom. The zero-order valence-corrected chi connectivity index (χ0v) is 21.2. The van der Waals surface area contributed by atoms with Gasteiger partial charge in [0.2, 0.25) is 5.91 Å². The van der Waals surface area contributed by atoms with Gasteiger partial charge >= 0.3 is 11.9 Å². The van der Waals surface area contributed by atoms with Crippen LogP contribution in [0.3, 0.4) is 0 Å². The largest absolute Gasteiger partial charge is 0.493 e. The van der Waals surface area contributed by atoms with Crippen LogP contribution in [0.1, 0.15) is 48.2 Å². The number of benzene rings is 3. The predicted octanol–water partition coefficient (Wildman–Crippen LogP) is 4.22. The number of ether oxygens (including phenoxy) is 2. The van der Waals surface area contributed by atoms with Crippen molar-refractivity contribution in [2.24, 2.45) is 5.73 Å². The molecule has 0 fully saturated rings. The average molecular weight is 501 g/mol. The zero-order chi connectivity index (χ0) is 26.4. The van der Waals surface area contributed by atoms with E-state index in [1.165, 1.54) is 5.56 Å². The van der Waals surface area contributed by atoms with Crippen molar-refractivity contribution in [2.45, 2.75) is 51.1 Å². The number of esters is 2. The Balaban J connectivity index is 1.42. The highest BCUT2D eigenvalue weighted by atomic mass is 16.6. The average Bonchev–Trinajstić information content (AvgIpc) is 3.35. The van der Waals surface area contributed by atoms with Crippen molar-refractivity contribution in [3.63, 3.8) is 0 Å². The van der Waals surface area contributed by atoms with Gasteiger partial charge in [-0.05, 0) is 67.1 Å². The Kier molecular flexibility index (Phi) is 8.04. The van der Waals surface area contributed by atoms with Crippen molar-refractivity contribution >= 4 is 17.8 Å². The predicted molar refractivity (Wildman–Crippen MR) is 141 cm³/mol. The van der Waals surface area contributed by atoms with Crippen molar-refractivity contribution < 1.29 is 23.9 Å². The summed E-state index contributed by atoms with van der Waals surface area (Å²) in [5, 5.41) is 3.26. The molecule has 7 nitrogen and oxygen atoms in total. The van der Waals surface area contributed by atoms with Crippen LogP contribution >= 0.6 is 0 Å². The van der Waals surface area contributed by atoms with Gasteiger partial charge < -0.3 is 15.2 Å². The molecule has 3 aromatic rings. The van der Waals surface area contributed by atoms with Crippen LogP contribution in [0.25, 0.3) is 11.1 Å². The van der Waals surface area contributed by atoms with E-state index in [4.69, 9.17) is 15.2 Å². The fourth-order valence-corrected chi connectivity index (χ4v) is 4.53. The summed E-state index contributed by atoms with van der Waals surface area (Å²) in [5.74, 6) is -1.14. The number of amides is 1. The van der Waals surface area contributed by atoms with Crippen molar-refractivity contribution in [1.29, 1.82) is 0 Å². The van der Waals surface area contributed by atoms with Crippen LogP contribution in [0.2, 0.25) is 0 Å². The van der Waals surface area contributed by atoms with E-state index in [1.54, 1.807) is 12.1 Å². The van der Waals surface area contributed by atoms with Gasteiger partial charge in [-0.2, -0.15) is 0 Å². The van der Waals surface area contributed by atoms with E-state index >= 15 is 0 Å². The van der Waals surface area contributed by atoms with Crippen molar-refractivity contribution in [1.82, 2.24) is 5.32 Å². The van der Waals surface area contributed by atoms with Gasteiger partial charge in [0.1, 0.15) is 11.8 Å². The summed E-state index contributed by atoms with van der Waals surface area (Å²) in [4.78, 5) is 37.2. The first-order chi connectivity index (χ1) is 17.7. The van der Waals surface area contributed by atoms with Crippen LogP contribution in [-0.2, 0) is 27.2 Å². The Morgan fingerprint density at radius 2 is 1.70 bits per heavy atom. The fourth-order valence-electron chi connectivity index (χ4n) is 4.53. The van der Waals surface area contributed by atoms with Gasteiger partial charge in [0, 0.05) is 18.4 Å². The Labute approximate surface area is 217 Å². The minimum atomic E-state index is -0.874. The van der Waals surface area contributed by atoms with E-state index in [0.29, 0.717) is 13.0 Å². The molecule has 0 saturated carbocycles. The number of nitrogens with two attached hydrogens (primary N) is 1. The molecule has 3 aromatic carbocycles. The van der Waals surface area contributed by atoms with Gasteiger partial charge in [-0.25, -0.2) is 9.59 Å². The van der Waals surface area contributed by atoms with Gasteiger partial charge in [0.15, 0.2) is 0 Å². The Bertz CT molecular complexity index is 1270. The van der Waals surface area contributed by atoms with Gasteiger partial charge in [-0.15, -0.1) is 0 Å². The molecule has 4 rings (SSSR count). The summed E-state index contributed by atoms with van der Waals surface area (Å²) in [6, 6.07) is 21.9. The maximum absolute atomic E-state index is 13.0. The molecule has 1 heterocycles. The number of hydrogen-bond acceptors (Lipinski definition) is 6. The number of carbonyl (C=O) groups excluding carboxylic acids is 3. The second-order valence-electron chi connectivity index (χ2n) is 9.96. The molecule has 0 spiro atoms. The Morgan fingerprint density at radius 3 is 2.41 bits per heavy atom. The quantitative estimate of drug-likeness (QED) is 0.319. The SMILES string of the molecule is CC(C)(Cc1ccccc1)N[C@@H](CCC(N)=O)C(=O)OC(=O)c1ccc(-c2ccc3c(c2)OCC3)cc1. The second kappa shape index (κ2) is 11.4. The highest BCUT2D eigenvalue weighted by Gasteiger charge is 2.30. The summed E-state index contributed by atoms with van der Waals surface area (Å²) in [6.45, 7) is 4.60. The number of fused-ring (bicyclic) bond motifs is 1. The molecule has 1 atom stereocenters. The lowest BCUT2D eigenvalue weighted by molar-refractivity contribution is -0.141. The molecule has 3 N–H and O–H groups in total. The molecule has 0 bridgehead atoms. The molecule has 37 heavy (non-hydrogen) atoms. The smallest absolute Gasteiger partial charge is 0.345 e. The van der Waals surface area contributed by atoms with Crippen molar-refractivity contribution in [3.8, 4) is 16.9 Å². The molecular formula is C30H32N2O5. The third kappa shape index (κ3) is 7.05. The normalized spacial score (nSPS) is 13.4. The van der Waals surface area contributed by atoms with E-state index in [2.05, 4.69) is 11.4 Å². The standard InChI is InChI=1S/C30H32N2O5/c1-30(2,19-20-6-4-3-5-7-20)32-25(14-15-27(31)33)29(35)37-28(34)23-11-8-21(9-12-23)24-13-10-22-16-17-36-26(22)18-24/h3-13,18,25,32H,14-17,19H2,1-2H3,(H2,31,33)/t25-/m0/s1. The van der Waals surface area contributed by atoms with E-state index in [0.717, 1.165) is 28.9 Å². The lowest BCUT2D eigenvalue weighted by Gasteiger charge is -2.31. The monoisotopic (exact) mass is 500 g/mol. The third-order valence-corrected chi connectivity index (χ3v) is 6.36. The van der Waals surface area contributed by atoms with Crippen LogP contribution < -0.4 is 15.8 Å². The minimum Gasteiger partial charge on any atom is -0.493 e. The van der Waals surface area contributed by atoms with Crippen molar-refractivity contribution in [3.05, 3.63) is 89.5 Å². The summed E-state index contributed by atoms with van der Waals surface area (Å²) >= 11 is 0. The topological polar surface area (TPSA) is 108 Å². The first-order valence-electron chi connectivity index (χ1n) is 12.4. The highest BCUT2D eigenvalue weighted by molar-refractivity contribution is 5.98. The molecule has 0 saturated heterocycles. The molecule has 1 amide bonds. The van der Waals surface area contributed by atoms with Crippen LogP contribution in [-0.4, -0.2) is 36.0 Å². The summed E-state index contributed by atoms with van der Waals surface area (Å²) < 4.78 is 10.9. The summed E-state index contributed by atoms with van der Waals surface area (Å²) in [7, 11) is 0. The fraction of sp³-hybridized carbons (Fsp3) is 0.300.